The zero-order chi connectivity index (χ0) is 25.2. The maximum atomic E-state index is 13.6. The third-order valence-corrected chi connectivity index (χ3v) is 7.50. The van der Waals surface area contributed by atoms with Crippen LogP contribution in [0.15, 0.2) is 72.8 Å². The Morgan fingerprint density at radius 1 is 0.886 bits per heavy atom. The molecule has 1 atom stereocenters. The second-order valence-electron chi connectivity index (χ2n) is 7.91. The summed E-state index contributed by atoms with van der Waals surface area (Å²) in [5, 5.41) is 4.45. The van der Waals surface area contributed by atoms with Crippen molar-refractivity contribution in [1.29, 1.82) is 0 Å². The van der Waals surface area contributed by atoms with Gasteiger partial charge in [0, 0.05) is 45.9 Å². The monoisotopic (exact) mass is 548 g/mol. The molecule has 0 aliphatic carbocycles. The van der Waals surface area contributed by atoms with Crippen LogP contribution in [0.1, 0.15) is 23.6 Å². The Balaban J connectivity index is 1.88. The standard InChI is InChI=1S/C27H27Cl3N2O2S/c1-2-31-27(34)25(15-19-9-4-3-5-10-19)32(16-21-23(29)13-8-14-24(21)30)26(33)18-35-17-20-11-6-7-12-22(20)28/h3-14,25H,2,15-18H2,1H3,(H,31,34)/t25-/m0/s1. The molecule has 0 radical (unpaired) electrons. The number of likely N-dealkylation sites (N-methyl/N-ethyl adjacent to an activating group) is 1. The minimum atomic E-state index is -0.724. The van der Waals surface area contributed by atoms with Crippen molar-refractivity contribution in [3.05, 3.63) is 105 Å². The molecule has 0 saturated heterocycles. The van der Waals surface area contributed by atoms with Gasteiger partial charge in [0.2, 0.25) is 11.8 Å². The van der Waals surface area contributed by atoms with Crippen LogP contribution < -0.4 is 5.32 Å². The summed E-state index contributed by atoms with van der Waals surface area (Å²) >= 11 is 20.6. The van der Waals surface area contributed by atoms with Crippen molar-refractivity contribution in [2.45, 2.75) is 31.7 Å². The summed E-state index contributed by atoms with van der Waals surface area (Å²) in [6.45, 7) is 2.44. The molecule has 3 rings (SSSR count). The molecule has 184 valence electrons. The highest BCUT2D eigenvalue weighted by Crippen LogP contribution is 2.28. The van der Waals surface area contributed by atoms with Crippen molar-refractivity contribution in [2.24, 2.45) is 0 Å². The summed E-state index contributed by atoms with van der Waals surface area (Å²) in [6.07, 6.45) is 0.371. The molecule has 0 aliphatic heterocycles. The van der Waals surface area contributed by atoms with Crippen molar-refractivity contribution in [3.63, 3.8) is 0 Å². The van der Waals surface area contributed by atoms with E-state index in [-0.39, 0.29) is 24.1 Å². The highest BCUT2D eigenvalue weighted by atomic mass is 35.5. The quantitative estimate of drug-likeness (QED) is 0.291. The van der Waals surface area contributed by atoms with Crippen LogP contribution in [-0.2, 0) is 28.3 Å². The zero-order valence-electron chi connectivity index (χ0n) is 19.3. The predicted molar refractivity (Wildman–Crippen MR) is 147 cm³/mol. The number of thioether (sulfide) groups is 1. The van der Waals surface area contributed by atoms with E-state index in [1.807, 2.05) is 61.5 Å². The van der Waals surface area contributed by atoms with Gasteiger partial charge in [-0.3, -0.25) is 9.59 Å². The van der Waals surface area contributed by atoms with E-state index >= 15 is 0 Å². The minimum Gasteiger partial charge on any atom is -0.355 e. The average Bonchev–Trinajstić information content (AvgIpc) is 2.85. The molecule has 0 unspecified atom stereocenters. The van der Waals surface area contributed by atoms with E-state index in [0.29, 0.717) is 39.3 Å². The molecule has 0 spiro atoms. The Morgan fingerprint density at radius 2 is 1.51 bits per heavy atom. The second-order valence-corrected chi connectivity index (χ2v) is 10.1. The van der Waals surface area contributed by atoms with E-state index in [0.717, 1.165) is 11.1 Å². The molecule has 0 aromatic heterocycles. The molecule has 0 heterocycles. The van der Waals surface area contributed by atoms with E-state index in [4.69, 9.17) is 34.8 Å². The van der Waals surface area contributed by atoms with Crippen LogP contribution in [0.3, 0.4) is 0 Å². The van der Waals surface area contributed by atoms with Gasteiger partial charge >= 0.3 is 0 Å². The topological polar surface area (TPSA) is 49.4 Å². The Hall–Kier alpha value is -2.18. The Kier molecular flexibility index (Phi) is 10.8. The van der Waals surface area contributed by atoms with Crippen LogP contribution in [0, 0.1) is 0 Å². The zero-order valence-corrected chi connectivity index (χ0v) is 22.4. The Bertz CT molecular complexity index is 1120. The summed E-state index contributed by atoms with van der Waals surface area (Å²) in [7, 11) is 0. The van der Waals surface area contributed by atoms with Gasteiger partial charge in [-0.15, -0.1) is 11.8 Å². The lowest BCUT2D eigenvalue weighted by Crippen LogP contribution is -2.51. The third kappa shape index (κ3) is 7.91. The maximum Gasteiger partial charge on any atom is 0.243 e. The molecule has 35 heavy (non-hydrogen) atoms. The van der Waals surface area contributed by atoms with E-state index < -0.39 is 6.04 Å². The van der Waals surface area contributed by atoms with Crippen molar-refractivity contribution in [1.82, 2.24) is 10.2 Å². The summed E-state index contributed by atoms with van der Waals surface area (Å²) < 4.78 is 0. The number of carbonyl (C=O) groups excluding carboxylic acids is 2. The lowest BCUT2D eigenvalue weighted by atomic mass is 10.0. The molecule has 3 aromatic rings. The largest absolute Gasteiger partial charge is 0.355 e. The number of hydrogen-bond acceptors (Lipinski definition) is 3. The highest BCUT2D eigenvalue weighted by Gasteiger charge is 2.31. The summed E-state index contributed by atoms with van der Waals surface area (Å²) in [5.74, 6) is 0.364. The number of benzene rings is 3. The van der Waals surface area contributed by atoms with E-state index in [2.05, 4.69) is 5.32 Å². The van der Waals surface area contributed by atoms with E-state index in [1.165, 1.54) is 11.8 Å². The maximum absolute atomic E-state index is 13.6. The first-order valence-corrected chi connectivity index (χ1v) is 13.5. The van der Waals surface area contributed by atoms with Gasteiger partial charge in [0.05, 0.1) is 5.75 Å². The smallest absolute Gasteiger partial charge is 0.243 e. The van der Waals surface area contributed by atoms with Gasteiger partial charge in [-0.05, 0) is 36.2 Å². The van der Waals surface area contributed by atoms with Crippen molar-refractivity contribution < 1.29 is 9.59 Å². The number of carbonyl (C=O) groups is 2. The Labute approximate surface area is 225 Å². The van der Waals surface area contributed by atoms with E-state index in [9.17, 15) is 9.59 Å². The van der Waals surface area contributed by atoms with Crippen molar-refractivity contribution in [2.75, 3.05) is 12.3 Å². The Morgan fingerprint density at radius 3 is 2.17 bits per heavy atom. The van der Waals surface area contributed by atoms with Crippen LogP contribution >= 0.6 is 46.6 Å². The molecule has 1 N–H and O–H groups in total. The molecule has 3 aromatic carbocycles. The summed E-state index contributed by atoms with van der Waals surface area (Å²) in [4.78, 5) is 28.4. The fraction of sp³-hybridized carbons (Fsp3) is 0.259. The molecule has 0 fully saturated rings. The lowest BCUT2D eigenvalue weighted by molar-refractivity contribution is -0.139. The molecule has 0 saturated carbocycles. The van der Waals surface area contributed by atoms with Crippen LogP contribution in [0.4, 0.5) is 0 Å². The van der Waals surface area contributed by atoms with E-state index in [1.54, 1.807) is 23.1 Å². The molecule has 0 bridgehead atoms. The van der Waals surface area contributed by atoms with Gasteiger partial charge in [0.25, 0.3) is 0 Å². The van der Waals surface area contributed by atoms with Gasteiger partial charge < -0.3 is 10.2 Å². The average molecular weight is 550 g/mol. The van der Waals surface area contributed by atoms with Gasteiger partial charge in [-0.2, -0.15) is 0 Å². The normalized spacial score (nSPS) is 11.7. The van der Waals surface area contributed by atoms with Gasteiger partial charge in [-0.1, -0.05) is 89.4 Å². The first kappa shape index (κ1) is 27.4. The van der Waals surface area contributed by atoms with Crippen LogP contribution in [0.2, 0.25) is 15.1 Å². The number of rotatable bonds is 11. The predicted octanol–water partition coefficient (Wildman–Crippen LogP) is 6.66. The summed E-state index contributed by atoms with van der Waals surface area (Å²) in [5.41, 5.74) is 2.52. The third-order valence-electron chi connectivity index (χ3n) is 5.45. The minimum absolute atomic E-state index is 0.124. The fourth-order valence-corrected chi connectivity index (χ4v) is 5.36. The molecule has 8 heteroatoms. The molecule has 4 nitrogen and oxygen atoms in total. The second kappa shape index (κ2) is 13.8. The molecule has 2 amide bonds. The van der Waals surface area contributed by atoms with Crippen LogP contribution in [-0.4, -0.2) is 35.1 Å². The number of amides is 2. The molecule has 0 aliphatic rings. The number of nitrogens with one attached hydrogen (secondary N) is 1. The lowest BCUT2D eigenvalue weighted by Gasteiger charge is -2.32. The number of halogens is 3. The van der Waals surface area contributed by atoms with Gasteiger partial charge in [-0.25, -0.2) is 0 Å². The first-order valence-electron chi connectivity index (χ1n) is 11.3. The molecular formula is C27H27Cl3N2O2S. The highest BCUT2D eigenvalue weighted by molar-refractivity contribution is 7.99. The summed E-state index contributed by atoms with van der Waals surface area (Å²) in [6, 6.07) is 21.7. The number of nitrogens with zero attached hydrogens (tertiary/aromatic N) is 1. The van der Waals surface area contributed by atoms with Crippen LogP contribution in [0.5, 0.6) is 0 Å². The SMILES string of the molecule is CCNC(=O)[C@H](Cc1ccccc1)N(Cc1c(Cl)cccc1Cl)C(=O)CSCc1ccccc1Cl. The van der Waals surface area contributed by atoms with Crippen LogP contribution in [0.25, 0.3) is 0 Å². The van der Waals surface area contributed by atoms with Crippen molar-refractivity contribution in [3.8, 4) is 0 Å². The first-order chi connectivity index (χ1) is 16.9. The fourth-order valence-electron chi connectivity index (χ4n) is 3.65. The van der Waals surface area contributed by atoms with Crippen molar-refractivity contribution >= 4 is 58.4 Å². The van der Waals surface area contributed by atoms with Gasteiger partial charge in [0.1, 0.15) is 6.04 Å². The number of hydrogen-bond donors (Lipinski definition) is 1. The molecular weight excluding hydrogens is 523 g/mol. The van der Waals surface area contributed by atoms with Gasteiger partial charge in [0.15, 0.2) is 0 Å².